The summed E-state index contributed by atoms with van der Waals surface area (Å²) >= 11 is 0. The molecule has 142 valence electrons. The van der Waals surface area contributed by atoms with Crippen molar-refractivity contribution in [1.29, 1.82) is 0 Å². The molecule has 5 rings (SSSR count). The number of aromatic nitrogens is 2. The minimum absolute atomic E-state index is 0.0950. The monoisotopic (exact) mass is 357 g/mol. The molecule has 1 heterocycles. The molecule has 1 aromatic rings. The number of carbonyl (C=O) groups excluding carboxylic acids is 1. The van der Waals surface area contributed by atoms with Crippen molar-refractivity contribution in [2.24, 2.45) is 30.2 Å². The third kappa shape index (κ3) is 3.22. The fourth-order valence-electron chi connectivity index (χ4n) is 6.06. The van der Waals surface area contributed by atoms with Gasteiger partial charge >= 0.3 is 0 Å². The molecule has 26 heavy (non-hydrogen) atoms. The van der Waals surface area contributed by atoms with Crippen LogP contribution in [0.3, 0.4) is 0 Å². The summed E-state index contributed by atoms with van der Waals surface area (Å²) in [4.78, 5) is 12.5. The number of nitrogens with zero attached hydrogens (tertiary/aromatic N) is 2. The van der Waals surface area contributed by atoms with Gasteiger partial charge in [-0.05, 0) is 75.5 Å². The number of aliphatic hydroxyl groups is 1. The average Bonchev–Trinajstić information content (AvgIpc) is 2.99. The molecule has 5 heteroatoms. The number of aryl methyl sites for hydroxylation is 1. The molecule has 2 N–H and O–H groups in total. The van der Waals surface area contributed by atoms with Crippen molar-refractivity contribution in [2.75, 3.05) is 6.54 Å². The summed E-state index contributed by atoms with van der Waals surface area (Å²) < 4.78 is 1.66. The Morgan fingerprint density at radius 1 is 1.35 bits per heavy atom. The Kier molecular flexibility index (Phi) is 4.25. The van der Waals surface area contributed by atoms with Gasteiger partial charge in [-0.25, -0.2) is 0 Å². The highest BCUT2D eigenvalue weighted by atomic mass is 16.3. The fourth-order valence-corrected chi connectivity index (χ4v) is 6.06. The van der Waals surface area contributed by atoms with E-state index in [1.54, 1.807) is 30.1 Å². The number of hydrogen-bond acceptors (Lipinski definition) is 3. The Morgan fingerprint density at radius 3 is 2.42 bits per heavy atom. The summed E-state index contributed by atoms with van der Waals surface area (Å²) in [5, 5.41) is 17.6. The van der Waals surface area contributed by atoms with Gasteiger partial charge < -0.3 is 10.4 Å². The van der Waals surface area contributed by atoms with Crippen molar-refractivity contribution in [3.05, 3.63) is 29.6 Å². The Morgan fingerprint density at radius 2 is 1.92 bits per heavy atom. The van der Waals surface area contributed by atoms with Gasteiger partial charge in [0.1, 0.15) is 5.60 Å². The quantitative estimate of drug-likeness (QED) is 0.796. The van der Waals surface area contributed by atoms with E-state index < -0.39 is 5.60 Å². The van der Waals surface area contributed by atoms with E-state index in [1.165, 1.54) is 44.1 Å². The minimum atomic E-state index is -1.12. The second-order valence-electron chi connectivity index (χ2n) is 9.42. The molecule has 1 atom stereocenters. The average molecular weight is 357 g/mol. The zero-order valence-corrected chi connectivity index (χ0v) is 16.2. The van der Waals surface area contributed by atoms with Crippen LogP contribution in [0.1, 0.15) is 57.9 Å². The lowest BCUT2D eigenvalue weighted by atomic mass is 9.48. The number of rotatable bonds is 5. The smallest absolute Gasteiger partial charge is 0.244 e. The maximum atomic E-state index is 12.5. The zero-order valence-electron chi connectivity index (χ0n) is 16.2. The molecule has 5 nitrogen and oxygen atoms in total. The predicted octanol–water partition coefficient (Wildman–Crippen LogP) is 2.91. The minimum Gasteiger partial charge on any atom is -0.383 e. The number of amides is 1. The first-order valence-corrected chi connectivity index (χ1v) is 9.94. The van der Waals surface area contributed by atoms with E-state index in [2.05, 4.69) is 17.3 Å². The van der Waals surface area contributed by atoms with Gasteiger partial charge in [-0.1, -0.05) is 5.57 Å². The standard InChI is InChI=1S/C21H31N3O2/c1-14(21-8-15-5-16(9-21)7-17(6-15)10-21)4-19(25)22-13-20(2,26)18-11-23-24(3)12-18/h4,11-12,15-17,26H,5-10,13H2,1-3H3,(H,22,25)/b14-4-/t15?,16?,17?,20-,21?/m1/s1. The van der Waals surface area contributed by atoms with Crippen LogP contribution in [0.15, 0.2) is 24.0 Å². The lowest BCUT2D eigenvalue weighted by Crippen LogP contribution is -2.47. The van der Waals surface area contributed by atoms with Crippen LogP contribution < -0.4 is 5.32 Å². The van der Waals surface area contributed by atoms with E-state index in [1.807, 2.05) is 7.05 Å². The van der Waals surface area contributed by atoms with Crippen molar-refractivity contribution >= 4 is 5.91 Å². The molecule has 4 aliphatic carbocycles. The number of allylic oxidation sites excluding steroid dienone is 1. The second-order valence-corrected chi connectivity index (χ2v) is 9.42. The number of hydrogen-bond donors (Lipinski definition) is 2. The predicted molar refractivity (Wildman–Crippen MR) is 100 cm³/mol. The van der Waals surface area contributed by atoms with E-state index in [9.17, 15) is 9.90 Å². The van der Waals surface area contributed by atoms with E-state index in [0.717, 1.165) is 17.8 Å². The molecular weight excluding hydrogens is 326 g/mol. The van der Waals surface area contributed by atoms with Gasteiger partial charge in [0, 0.05) is 24.9 Å². The topological polar surface area (TPSA) is 67.2 Å². The summed E-state index contributed by atoms with van der Waals surface area (Å²) in [5.41, 5.74) is 1.10. The van der Waals surface area contributed by atoms with Crippen LogP contribution in [0.5, 0.6) is 0 Å². The highest BCUT2D eigenvalue weighted by molar-refractivity contribution is 5.88. The maximum absolute atomic E-state index is 12.5. The van der Waals surface area contributed by atoms with E-state index in [0.29, 0.717) is 5.56 Å². The Hall–Kier alpha value is -1.62. The first-order chi connectivity index (χ1) is 12.3. The summed E-state index contributed by atoms with van der Waals surface area (Å²) in [7, 11) is 1.82. The van der Waals surface area contributed by atoms with Crippen molar-refractivity contribution in [3.8, 4) is 0 Å². The van der Waals surface area contributed by atoms with Crippen LogP contribution in [-0.2, 0) is 17.4 Å². The molecule has 0 aromatic carbocycles. The molecule has 1 aromatic heterocycles. The number of carbonyl (C=O) groups is 1. The van der Waals surface area contributed by atoms with Crippen LogP contribution in [0, 0.1) is 23.2 Å². The van der Waals surface area contributed by atoms with Gasteiger partial charge in [0.05, 0.1) is 12.7 Å². The second kappa shape index (κ2) is 6.22. The highest BCUT2D eigenvalue weighted by Gasteiger charge is 2.51. The Labute approximate surface area is 155 Å². The van der Waals surface area contributed by atoms with Crippen molar-refractivity contribution in [2.45, 2.75) is 58.0 Å². The normalized spacial score (nSPS) is 35.4. The SMILES string of the molecule is C/C(=C/C(=O)NC[C@@](C)(O)c1cnn(C)c1)C12CC3CC(CC(C3)C1)C2. The molecule has 0 radical (unpaired) electrons. The molecule has 4 bridgehead atoms. The largest absolute Gasteiger partial charge is 0.383 e. The molecule has 1 amide bonds. The summed E-state index contributed by atoms with van der Waals surface area (Å²) in [6.07, 6.45) is 13.2. The van der Waals surface area contributed by atoms with Crippen LogP contribution in [0.25, 0.3) is 0 Å². The first-order valence-electron chi connectivity index (χ1n) is 9.94. The molecule has 0 saturated heterocycles. The van der Waals surface area contributed by atoms with Crippen LogP contribution in [0.4, 0.5) is 0 Å². The van der Waals surface area contributed by atoms with Crippen LogP contribution in [0.2, 0.25) is 0 Å². The van der Waals surface area contributed by atoms with Crippen molar-refractivity contribution in [3.63, 3.8) is 0 Å². The fraction of sp³-hybridized carbons (Fsp3) is 0.714. The Bertz CT molecular complexity index is 696. The highest BCUT2D eigenvalue weighted by Crippen LogP contribution is 2.62. The summed E-state index contributed by atoms with van der Waals surface area (Å²) in [5.74, 6) is 2.53. The van der Waals surface area contributed by atoms with Crippen LogP contribution in [-0.4, -0.2) is 27.3 Å². The first kappa shape index (κ1) is 17.8. The van der Waals surface area contributed by atoms with Gasteiger partial charge in [0.2, 0.25) is 5.91 Å². The maximum Gasteiger partial charge on any atom is 0.244 e. The molecular formula is C21H31N3O2. The van der Waals surface area contributed by atoms with Crippen molar-refractivity contribution < 1.29 is 9.90 Å². The molecule has 0 spiro atoms. The third-order valence-electron chi connectivity index (χ3n) is 7.16. The van der Waals surface area contributed by atoms with Gasteiger partial charge in [-0.3, -0.25) is 9.48 Å². The van der Waals surface area contributed by atoms with Crippen molar-refractivity contribution in [1.82, 2.24) is 15.1 Å². The molecule has 0 unspecified atom stereocenters. The number of nitrogens with one attached hydrogen (secondary N) is 1. The van der Waals surface area contributed by atoms with E-state index in [4.69, 9.17) is 0 Å². The van der Waals surface area contributed by atoms with E-state index >= 15 is 0 Å². The molecule has 4 fully saturated rings. The molecule has 4 saturated carbocycles. The lowest BCUT2D eigenvalue weighted by molar-refractivity contribution is -0.117. The third-order valence-corrected chi connectivity index (χ3v) is 7.16. The van der Waals surface area contributed by atoms with E-state index in [-0.39, 0.29) is 17.9 Å². The Balaban J connectivity index is 1.41. The van der Waals surface area contributed by atoms with Gasteiger partial charge in [0.25, 0.3) is 0 Å². The zero-order chi connectivity index (χ0) is 18.5. The molecule has 4 aliphatic rings. The van der Waals surface area contributed by atoms with Gasteiger partial charge in [-0.15, -0.1) is 0 Å². The lowest BCUT2D eigenvalue weighted by Gasteiger charge is -2.57. The summed E-state index contributed by atoms with van der Waals surface area (Å²) in [6, 6.07) is 0. The van der Waals surface area contributed by atoms with Gasteiger partial charge in [-0.2, -0.15) is 5.10 Å². The molecule has 0 aliphatic heterocycles. The van der Waals surface area contributed by atoms with Gasteiger partial charge in [0.15, 0.2) is 0 Å². The summed E-state index contributed by atoms with van der Waals surface area (Å²) in [6.45, 7) is 4.04. The van der Waals surface area contributed by atoms with Crippen LogP contribution >= 0.6 is 0 Å².